The number of anilines is 1. The number of hydrogen-bond donors (Lipinski definition) is 2. The Morgan fingerprint density at radius 1 is 0.935 bits per heavy atom. The molecule has 3 aromatic carbocycles. The maximum atomic E-state index is 12.5. The normalized spacial score (nSPS) is 10.3. The first-order valence-corrected chi connectivity index (χ1v) is 9.97. The third-order valence-corrected chi connectivity index (χ3v) is 4.62. The molecule has 7 heteroatoms. The Bertz CT molecular complexity index is 1100. The number of rotatable bonds is 7. The van der Waals surface area contributed by atoms with E-state index in [1.807, 2.05) is 18.2 Å². The molecule has 0 atom stereocenters. The Morgan fingerprint density at radius 3 is 2.42 bits per heavy atom. The van der Waals surface area contributed by atoms with Crippen molar-refractivity contribution in [2.24, 2.45) is 0 Å². The lowest BCUT2D eigenvalue weighted by molar-refractivity contribution is -0.131. The number of nitrogens with one attached hydrogen (secondary N) is 2. The zero-order valence-electron chi connectivity index (χ0n) is 16.9. The molecule has 0 spiro atoms. The van der Waals surface area contributed by atoms with E-state index in [0.29, 0.717) is 22.0 Å². The summed E-state index contributed by atoms with van der Waals surface area (Å²) in [6, 6.07) is 20.7. The fraction of sp³-hybridized carbons (Fsp3) is 0.125. The number of esters is 1. The molecule has 0 aliphatic rings. The number of benzene rings is 3. The van der Waals surface area contributed by atoms with Gasteiger partial charge in [-0.3, -0.25) is 14.4 Å². The van der Waals surface area contributed by atoms with Crippen LogP contribution in [0.2, 0.25) is 5.02 Å². The Hall–Kier alpha value is -3.64. The first kappa shape index (κ1) is 22.1. The minimum absolute atomic E-state index is 0.171. The summed E-state index contributed by atoms with van der Waals surface area (Å²) in [6.07, 6.45) is 0.209. The molecular formula is C24H21ClN2O4. The fourth-order valence-corrected chi connectivity index (χ4v) is 3.05. The molecule has 0 bridgehead atoms. The van der Waals surface area contributed by atoms with Crippen molar-refractivity contribution >= 4 is 35.1 Å². The SMILES string of the molecule is CC(=O)Oc1cccc(C(=O)NCc2ccccc2NC(=O)Cc2ccc(Cl)cc2)c1. The standard InChI is InChI=1S/C24H21ClN2O4/c1-16(28)31-21-7-4-6-18(14-21)24(30)26-15-19-5-2-3-8-22(19)27-23(29)13-17-9-11-20(25)12-10-17/h2-12,14H,13,15H2,1H3,(H,26,30)(H,27,29). The summed E-state index contributed by atoms with van der Waals surface area (Å²) >= 11 is 5.88. The van der Waals surface area contributed by atoms with Crippen molar-refractivity contribution in [2.75, 3.05) is 5.32 Å². The molecule has 0 fully saturated rings. The second-order valence-electron chi connectivity index (χ2n) is 6.81. The van der Waals surface area contributed by atoms with Gasteiger partial charge < -0.3 is 15.4 Å². The Labute approximate surface area is 185 Å². The Kier molecular flexibility index (Phi) is 7.40. The van der Waals surface area contributed by atoms with Crippen molar-refractivity contribution in [3.8, 4) is 5.75 Å². The first-order chi connectivity index (χ1) is 14.9. The molecule has 0 aliphatic heterocycles. The number of carbonyl (C=O) groups excluding carboxylic acids is 3. The van der Waals surface area contributed by atoms with Crippen molar-refractivity contribution in [3.05, 3.63) is 94.5 Å². The van der Waals surface area contributed by atoms with Crippen molar-refractivity contribution in [2.45, 2.75) is 19.9 Å². The van der Waals surface area contributed by atoms with Crippen LogP contribution in [-0.4, -0.2) is 17.8 Å². The van der Waals surface area contributed by atoms with Gasteiger partial charge in [0.25, 0.3) is 5.91 Å². The predicted molar refractivity (Wildman–Crippen MR) is 119 cm³/mol. The van der Waals surface area contributed by atoms with E-state index in [4.69, 9.17) is 16.3 Å². The van der Waals surface area contributed by atoms with Gasteiger partial charge >= 0.3 is 5.97 Å². The average molecular weight is 437 g/mol. The lowest BCUT2D eigenvalue weighted by atomic mass is 10.1. The zero-order chi connectivity index (χ0) is 22.2. The highest BCUT2D eigenvalue weighted by molar-refractivity contribution is 6.30. The summed E-state index contributed by atoms with van der Waals surface area (Å²) in [6.45, 7) is 1.51. The van der Waals surface area contributed by atoms with Crippen molar-refractivity contribution in [3.63, 3.8) is 0 Å². The molecule has 0 saturated carbocycles. The number of para-hydroxylation sites is 1. The smallest absolute Gasteiger partial charge is 0.308 e. The van der Waals surface area contributed by atoms with Crippen LogP contribution in [0.5, 0.6) is 5.75 Å². The summed E-state index contributed by atoms with van der Waals surface area (Å²) in [5.41, 5.74) is 2.59. The monoisotopic (exact) mass is 436 g/mol. The minimum atomic E-state index is -0.458. The zero-order valence-corrected chi connectivity index (χ0v) is 17.6. The van der Waals surface area contributed by atoms with E-state index < -0.39 is 5.97 Å². The van der Waals surface area contributed by atoms with E-state index in [1.165, 1.54) is 13.0 Å². The van der Waals surface area contributed by atoms with Crippen molar-refractivity contribution in [1.29, 1.82) is 0 Å². The lowest BCUT2D eigenvalue weighted by Gasteiger charge is -2.12. The number of halogens is 1. The van der Waals surface area contributed by atoms with Crippen LogP contribution in [0.25, 0.3) is 0 Å². The second-order valence-corrected chi connectivity index (χ2v) is 7.25. The topological polar surface area (TPSA) is 84.5 Å². The largest absolute Gasteiger partial charge is 0.427 e. The Morgan fingerprint density at radius 2 is 1.68 bits per heavy atom. The minimum Gasteiger partial charge on any atom is -0.427 e. The van der Waals surface area contributed by atoms with E-state index in [9.17, 15) is 14.4 Å². The highest BCUT2D eigenvalue weighted by Gasteiger charge is 2.11. The molecule has 31 heavy (non-hydrogen) atoms. The van der Waals surface area contributed by atoms with Gasteiger partial charge in [-0.05, 0) is 47.5 Å². The summed E-state index contributed by atoms with van der Waals surface area (Å²) < 4.78 is 5.01. The van der Waals surface area contributed by atoms with Gasteiger partial charge in [-0.2, -0.15) is 0 Å². The fourth-order valence-electron chi connectivity index (χ4n) is 2.92. The summed E-state index contributed by atoms with van der Waals surface area (Å²) in [5, 5.41) is 6.32. The van der Waals surface area contributed by atoms with Gasteiger partial charge in [0, 0.05) is 29.7 Å². The summed E-state index contributed by atoms with van der Waals surface area (Å²) in [5.74, 6) is -0.651. The molecule has 0 saturated heterocycles. The summed E-state index contributed by atoms with van der Waals surface area (Å²) in [7, 11) is 0. The van der Waals surface area contributed by atoms with Gasteiger partial charge in [-0.1, -0.05) is 48.0 Å². The molecule has 158 valence electrons. The van der Waals surface area contributed by atoms with Gasteiger partial charge in [0.1, 0.15) is 5.75 Å². The van der Waals surface area contributed by atoms with Crippen LogP contribution in [0.15, 0.2) is 72.8 Å². The van der Waals surface area contributed by atoms with Gasteiger partial charge in [-0.25, -0.2) is 0 Å². The van der Waals surface area contributed by atoms with Crippen LogP contribution < -0.4 is 15.4 Å². The number of ether oxygens (including phenoxy) is 1. The van der Waals surface area contributed by atoms with Gasteiger partial charge in [0.2, 0.25) is 5.91 Å². The third-order valence-electron chi connectivity index (χ3n) is 4.37. The van der Waals surface area contributed by atoms with E-state index in [1.54, 1.807) is 48.5 Å². The molecule has 0 aliphatic carbocycles. The van der Waals surface area contributed by atoms with Gasteiger partial charge in [-0.15, -0.1) is 0 Å². The van der Waals surface area contributed by atoms with Crippen LogP contribution >= 0.6 is 11.6 Å². The van der Waals surface area contributed by atoms with Crippen LogP contribution in [0, 0.1) is 0 Å². The molecular weight excluding hydrogens is 416 g/mol. The molecule has 2 N–H and O–H groups in total. The molecule has 3 rings (SSSR count). The van der Waals surface area contributed by atoms with Crippen LogP contribution in [0.1, 0.15) is 28.4 Å². The van der Waals surface area contributed by atoms with Crippen LogP contribution in [0.3, 0.4) is 0 Å². The number of hydrogen-bond acceptors (Lipinski definition) is 4. The predicted octanol–water partition coefficient (Wildman–Crippen LogP) is 4.38. The van der Waals surface area contributed by atoms with Crippen molar-refractivity contribution < 1.29 is 19.1 Å². The molecule has 0 aromatic heterocycles. The van der Waals surface area contributed by atoms with Gasteiger partial charge in [0.15, 0.2) is 0 Å². The van der Waals surface area contributed by atoms with E-state index in [0.717, 1.165) is 11.1 Å². The number of amides is 2. The van der Waals surface area contributed by atoms with Crippen LogP contribution in [-0.2, 0) is 22.6 Å². The van der Waals surface area contributed by atoms with Gasteiger partial charge in [0.05, 0.1) is 6.42 Å². The third kappa shape index (κ3) is 6.69. The second kappa shape index (κ2) is 10.4. The lowest BCUT2D eigenvalue weighted by Crippen LogP contribution is -2.24. The maximum Gasteiger partial charge on any atom is 0.308 e. The molecule has 0 unspecified atom stereocenters. The molecule has 2 amide bonds. The molecule has 0 radical (unpaired) electrons. The van der Waals surface area contributed by atoms with E-state index >= 15 is 0 Å². The average Bonchev–Trinajstić information content (AvgIpc) is 2.74. The quantitative estimate of drug-likeness (QED) is 0.425. The summed E-state index contributed by atoms with van der Waals surface area (Å²) in [4.78, 5) is 36.0. The maximum absolute atomic E-state index is 12.5. The first-order valence-electron chi connectivity index (χ1n) is 9.59. The van der Waals surface area contributed by atoms with E-state index in [-0.39, 0.29) is 24.8 Å². The van der Waals surface area contributed by atoms with Crippen LogP contribution in [0.4, 0.5) is 5.69 Å². The molecule has 6 nitrogen and oxygen atoms in total. The molecule has 3 aromatic rings. The Balaban J connectivity index is 1.62. The highest BCUT2D eigenvalue weighted by Crippen LogP contribution is 2.17. The number of carbonyl (C=O) groups is 3. The van der Waals surface area contributed by atoms with E-state index in [2.05, 4.69) is 10.6 Å². The van der Waals surface area contributed by atoms with Crippen molar-refractivity contribution in [1.82, 2.24) is 5.32 Å². The highest BCUT2D eigenvalue weighted by atomic mass is 35.5. The molecule has 0 heterocycles.